The third-order valence-corrected chi connectivity index (χ3v) is 5.37. The van der Waals surface area contributed by atoms with Crippen LogP contribution < -0.4 is 20.1 Å². The minimum absolute atomic E-state index is 0. The van der Waals surface area contributed by atoms with Gasteiger partial charge in [-0.25, -0.2) is 4.98 Å². The Labute approximate surface area is 187 Å². The van der Waals surface area contributed by atoms with Crippen molar-refractivity contribution in [3.63, 3.8) is 0 Å². The summed E-state index contributed by atoms with van der Waals surface area (Å²) in [7, 11) is 1.79. The van der Waals surface area contributed by atoms with Crippen molar-refractivity contribution in [3.8, 4) is 11.5 Å². The Morgan fingerprint density at radius 2 is 2.00 bits per heavy atom. The number of hydrogen-bond acceptors (Lipinski definition) is 4. The van der Waals surface area contributed by atoms with Crippen molar-refractivity contribution < 1.29 is 9.47 Å². The molecule has 0 saturated heterocycles. The van der Waals surface area contributed by atoms with Crippen molar-refractivity contribution in [2.24, 2.45) is 4.99 Å². The molecule has 1 aliphatic carbocycles. The Kier molecular flexibility index (Phi) is 6.87. The second-order valence-electron chi connectivity index (χ2n) is 6.94. The molecule has 0 radical (unpaired) electrons. The first-order valence-corrected chi connectivity index (χ1v) is 9.51. The molecule has 1 aromatic carbocycles. The summed E-state index contributed by atoms with van der Waals surface area (Å²) in [4.78, 5) is 8.43. The maximum atomic E-state index is 5.82. The van der Waals surface area contributed by atoms with E-state index >= 15 is 0 Å². The van der Waals surface area contributed by atoms with E-state index in [-0.39, 0.29) is 29.4 Å². The number of pyridine rings is 1. The number of halogens is 2. The van der Waals surface area contributed by atoms with Gasteiger partial charge in [0.1, 0.15) is 5.15 Å². The minimum Gasteiger partial charge on any atom is -0.454 e. The molecule has 1 aliphatic heterocycles. The van der Waals surface area contributed by atoms with E-state index in [1.54, 1.807) is 13.2 Å². The fourth-order valence-corrected chi connectivity index (χ4v) is 3.41. The van der Waals surface area contributed by atoms with Crippen molar-refractivity contribution in [1.29, 1.82) is 0 Å². The monoisotopic (exact) mass is 514 g/mol. The van der Waals surface area contributed by atoms with Gasteiger partial charge >= 0.3 is 0 Å². The third-order valence-electron chi connectivity index (χ3n) is 5.15. The molecule has 0 atom stereocenters. The highest BCUT2D eigenvalue weighted by Gasteiger charge is 2.44. The van der Waals surface area contributed by atoms with E-state index in [4.69, 9.17) is 21.1 Å². The van der Waals surface area contributed by atoms with Crippen LogP contribution in [0.2, 0.25) is 5.15 Å². The number of hydrogen-bond donors (Lipinski definition) is 2. The lowest BCUT2D eigenvalue weighted by molar-refractivity contribution is 0.174. The van der Waals surface area contributed by atoms with Crippen LogP contribution in [0.3, 0.4) is 0 Å². The van der Waals surface area contributed by atoms with Gasteiger partial charge in [-0.15, -0.1) is 24.0 Å². The summed E-state index contributed by atoms with van der Waals surface area (Å²) in [6.07, 6.45) is 4.98. The molecule has 1 fully saturated rings. The van der Waals surface area contributed by atoms with Crippen LogP contribution in [0.5, 0.6) is 11.5 Å². The molecule has 6 nitrogen and oxygen atoms in total. The van der Waals surface area contributed by atoms with Gasteiger partial charge < -0.3 is 20.1 Å². The highest BCUT2D eigenvalue weighted by Crippen LogP contribution is 2.49. The molecule has 0 unspecified atom stereocenters. The third kappa shape index (κ3) is 4.81. The van der Waals surface area contributed by atoms with Crippen LogP contribution in [-0.2, 0) is 11.8 Å². The van der Waals surface area contributed by atoms with E-state index < -0.39 is 0 Å². The molecular weight excluding hydrogens is 491 g/mol. The van der Waals surface area contributed by atoms with Gasteiger partial charge in [-0.05, 0) is 48.6 Å². The van der Waals surface area contributed by atoms with Gasteiger partial charge in [-0.3, -0.25) is 4.99 Å². The molecule has 2 heterocycles. The lowest BCUT2D eigenvalue weighted by Gasteiger charge is -2.19. The molecule has 4 rings (SSSR count). The molecule has 0 spiro atoms. The normalized spacial score (nSPS) is 16.3. The zero-order valence-corrected chi connectivity index (χ0v) is 18.8. The first kappa shape index (κ1) is 21.0. The van der Waals surface area contributed by atoms with Gasteiger partial charge in [0, 0.05) is 31.7 Å². The highest BCUT2D eigenvalue weighted by molar-refractivity contribution is 14.0. The zero-order chi connectivity index (χ0) is 18.7. The van der Waals surface area contributed by atoms with Crippen LogP contribution in [0.4, 0.5) is 0 Å². The summed E-state index contributed by atoms with van der Waals surface area (Å²) in [6.45, 7) is 1.93. The van der Waals surface area contributed by atoms with Crippen LogP contribution in [0.25, 0.3) is 0 Å². The standard InChI is InChI=1S/C20H23ClN4O2.HI/c1-22-19(23-9-6-14-2-5-18(21)24-11-14)25-12-20(7-8-20)15-3-4-16-17(10-15)27-13-26-16;/h2-5,10-11H,6-9,12-13H2,1H3,(H2,22,23,25);1H. The second-order valence-corrected chi connectivity index (χ2v) is 7.33. The number of benzene rings is 1. The number of ether oxygens (including phenoxy) is 2. The van der Waals surface area contributed by atoms with Crippen LogP contribution in [0.15, 0.2) is 41.5 Å². The van der Waals surface area contributed by atoms with Gasteiger partial charge in [0.15, 0.2) is 17.5 Å². The summed E-state index contributed by atoms with van der Waals surface area (Å²) in [5.74, 6) is 2.48. The Hall–Kier alpha value is -1.74. The molecule has 150 valence electrons. The first-order valence-electron chi connectivity index (χ1n) is 9.14. The second kappa shape index (κ2) is 9.17. The van der Waals surface area contributed by atoms with Gasteiger partial charge in [0.25, 0.3) is 0 Å². The van der Waals surface area contributed by atoms with Crippen LogP contribution in [0, 0.1) is 0 Å². The average Bonchev–Trinajstić information content (AvgIpc) is 3.34. The van der Waals surface area contributed by atoms with Gasteiger partial charge in [-0.1, -0.05) is 23.7 Å². The summed E-state index contributed by atoms with van der Waals surface area (Å²) < 4.78 is 10.9. The Morgan fingerprint density at radius 1 is 1.18 bits per heavy atom. The molecule has 8 heteroatoms. The van der Waals surface area contributed by atoms with Crippen LogP contribution in [-0.4, -0.2) is 37.9 Å². The number of guanidine groups is 1. The van der Waals surface area contributed by atoms with E-state index in [1.807, 2.05) is 18.2 Å². The van der Waals surface area contributed by atoms with Crippen molar-refractivity contribution in [1.82, 2.24) is 15.6 Å². The maximum absolute atomic E-state index is 5.82. The number of rotatable bonds is 6. The topological polar surface area (TPSA) is 67.8 Å². The summed E-state index contributed by atoms with van der Waals surface area (Å²) in [5.41, 5.74) is 2.59. The van der Waals surface area contributed by atoms with Crippen LogP contribution >= 0.6 is 35.6 Å². The van der Waals surface area contributed by atoms with Gasteiger partial charge in [0.05, 0.1) is 0 Å². The van der Waals surface area contributed by atoms with Gasteiger partial charge in [-0.2, -0.15) is 0 Å². The van der Waals surface area contributed by atoms with E-state index in [9.17, 15) is 0 Å². The fraction of sp³-hybridized carbons (Fsp3) is 0.400. The predicted octanol–water partition coefficient (Wildman–Crippen LogP) is 3.52. The van der Waals surface area contributed by atoms with E-state index in [1.165, 1.54) is 5.56 Å². The summed E-state index contributed by atoms with van der Waals surface area (Å²) in [5, 5.41) is 7.34. The Morgan fingerprint density at radius 3 is 2.71 bits per heavy atom. The molecule has 28 heavy (non-hydrogen) atoms. The summed E-state index contributed by atoms with van der Waals surface area (Å²) >= 11 is 5.82. The molecule has 2 aromatic rings. The average molecular weight is 515 g/mol. The molecule has 2 N–H and O–H groups in total. The molecule has 0 bridgehead atoms. The Bertz CT molecular complexity index is 841. The quantitative estimate of drug-likeness (QED) is 0.267. The number of nitrogens with one attached hydrogen (secondary N) is 2. The highest BCUT2D eigenvalue weighted by atomic mass is 127. The van der Waals surface area contributed by atoms with E-state index in [0.717, 1.165) is 55.4 Å². The lowest BCUT2D eigenvalue weighted by Crippen LogP contribution is -2.41. The number of nitrogens with zero attached hydrogens (tertiary/aromatic N) is 2. The van der Waals surface area contributed by atoms with E-state index in [2.05, 4.69) is 32.7 Å². The zero-order valence-electron chi connectivity index (χ0n) is 15.7. The molecule has 1 saturated carbocycles. The molecule has 1 aromatic heterocycles. The van der Waals surface area contributed by atoms with Crippen molar-refractivity contribution in [3.05, 3.63) is 52.8 Å². The fourth-order valence-electron chi connectivity index (χ4n) is 3.30. The molecule has 0 amide bonds. The smallest absolute Gasteiger partial charge is 0.231 e. The maximum Gasteiger partial charge on any atom is 0.231 e. The SMILES string of the molecule is CN=C(NCCc1ccc(Cl)nc1)NCC1(c2ccc3c(c2)OCO3)CC1.I. The van der Waals surface area contributed by atoms with Crippen molar-refractivity contribution >= 4 is 41.5 Å². The van der Waals surface area contributed by atoms with E-state index in [0.29, 0.717) is 11.9 Å². The number of aliphatic imine (C=N–C) groups is 1. The number of fused-ring (bicyclic) bond motifs is 1. The number of aromatic nitrogens is 1. The Balaban J connectivity index is 0.00000225. The molecule has 2 aliphatic rings. The first-order chi connectivity index (χ1) is 13.2. The van der Waals surface area contributed by atoms with Crippen molar-refractivity contribution in [2.45, 2.75) is 24.7 Å². The molecular formula is C20H24ClIN4O2. The van der Waals surface area contributed by atoms with Crippen molar-refractivity contribution in [2.75, 3.05) is 26.9 Å². The predicted molar refractivity (Wildman–Crippen MR) is 121 cm³/mol. The minimum atomic E-state index is 0. The van der Waals surface area contributed by atoms with Crippen LogP contribution in [0.1, 0.15) is 24.0 Å². The lowest BCUT2D eigenvalue weighted by atomic mass is 9.95. The summed E-state index contributed by atoms with van der Waals surface area (Å²) in [6, 6.07) is 10.1. The van der Waals surface area contributed by atoms with Gasteiger partial charge in [0.2, 0.25) is 6.79 Å². The largest absolute Gasteiger partial charge is 0.454 e.